The minimum atomic E-state index is -0.0892. The zero-order valence-corrected chi connectivity index (χ0v) is 18.2. The number of fused-ring (bicyclic) bond motifs is 1. The Labute approximate surface area is 168 Å². The van der Waals surface area contributed by atoms with Crippen LogP contribution in [0.1, 0.15) is 49.0 Å². The van der Waals surface area contributed by atoms with E-state index >= 15 is 0 Å². The molecule has 0 radical (unpaired) electrons. The number of ether oxygens (including phenoxy) is 1. The van der Waals surface area contributed by atoms with E-state index < -0.39 is 0 Å². The van der Waals surface area contributed by atoms with Gasteiger partial charge in [-0.2, -0.15) is 0 Å². The number of hydrogen-bond donors (Lipinski definition) is 1. The highest BCUT2D eigenvalue weighted by molar-refractivity contribution is 7.15. The van der Waals surface area contributed by atoms with Crippen molar-refractivity contribution in [3.8, 4) is 5.88 Å². The number of pyridine rings is 1. The number of carbonyl (C=O) groups excluding carboxylic acids is 1. The molecule has 3 rings (SSSR count). The molecule has 0 aromatic carbocycles. The van der Waals surface area contributed by atoms with Crippen molar-refractivity contribution in [3.63, 3.8) is 0 Å². The van der Waals surface area contributed by atoms with Crippen LogP contribution in [0.4, 0.5) is 5.13 Å². The molecule has 0 aliphatic rings. The summed E-state index contributed by atoms with van der Waals surface area (Å²) in [7, 11) is 3.44. The van der Waals surface area contributed by atoms with Crippen molar-refractivity contribution < 1.29 is 9.53 Å². The zero-order chi connectivity index (χ0) is 20.6. The summed E-state index contributed by atoms with van der Waals surface area (Å²) in [6.07, 6.45) is 0.914. The van der Waals surface area contributed by atoms with Gasteiger partial charge in [-0.15, -0.1) is 15.3 Å². The number of anilines is 1. The van der Waals surface area contributed by atoms with E-state index in [0.717, 1.165) is 32.9 Å². The number of methoxy groups -OCH3 is 1. The SMILES string of the molecule is COc1nn(C)c2nc(C)c(CCC(=O)Nc3nnc(C(C)(C)C)s3)c(C)c12. The Morgan fingerprint density at radius 3 is 2.57 bits per heavy atom. The van der Waals surface area contributed by atoms with Crippen molar-refractivity contribution in [1.29, 1.82) is 0 Å². The number of nitrogens with zero attached hydrogens (tertiary/aromatic N) is 5. The lowest BCUT2D eigenvalue weighted by Crippen LogP contribution is -2.13. The van der Waals surface area contributed by atoms with Gasteiger partial charge in [-0.1, -0.05) is 32.1 Å². The lowest BCUT2D eigenvalue weighted by Gasteiger charge is -2.12. The first-order valence-electron chi connectivity index (χ1n) is 9.12. The number of aryl methyl sites for hydroxylation is 3. The second kappa shape index (κ2) is 7.46. The normalized spacial score (nSPS) is 11.8. The van der Waals surface area contributed by atoms with Gasteiger partial charge in [-0.05, 0) is 31.4 Å². The van der Waals surface area contributed by atoms with Gasteiger partial charge in [-0.3, -0.25) is 4.79 Å². The lowest BCUT2D eigenvalue weighted by molar-refractivity contribution is -0.116. The molecular weight excluding hydrogens is 376 g/mol. The largest absolute Gasteiger partial charge is 0.479 e. The van der Waals surface area contributed by atoms with Crippen LogP contribution in [-0.2, 0) is 23.7 Å². The van der Waals surface area contributed by atoms with Crippen molar-refractivity contribution in [3.05, 3.63) is 21.8 Å². The van der Waals surface area contributed by atoms with Crippen molar-refractivity contribution >= 4 is 33.4 Å². The summed E-state index contributed by atoms with van der Waals surface area (Å²) >= 11 is 1.41. The molecule has 3 aromatic rings. The molecule has 0 fully saturated rings. The lowest BCUT2D eigenvalue weighted by atomic mass is 9.98. The molecule has 0 saturated carbocycles. The van der Waals surface area contributed by atoms with E-state index in [9.17, 15) is 4.79 Å². The number of hydrogen-bond acceptors (Lipinski definition) is 7. The van der Waals surface area contributed by atoms with Crippen LogP contribution in [0.2, 0.25) is 0 Å². The summed E-state index contributed by atoms with van der Waals surface area (Å²) in [6.45, 7) is 10.2. The van der Waals surface area contributed by atoms with Gasteiger partial charge >= 0.3 is 0 Å². The van der Waals surface area contributed by atoms with Gasteiger partial charge in [-0.25, -0.2) is 9.67 Å². The van der Waals surface area contributed by atoms with Crippen LogP contribution in [0.3, 0.4) is 0 Å². The summed E-state index contributed by atoms with van der Waals surface area (Å²) in [6, 6.07) is 0. The summed E-state index contributed by atoms with van der Waals surface area (Å²) < 4.78 is 7.11. The highest BCUT2D eigenvalue weighted by Gasteiger charge is 2.21. The Morgan fingerprint density at radius 1 is 1.25 bits per heavy atom. The number of carbonyl (C=O) groups is 1. The number of rotatable bonds is 5. The van der Waals surface area contributed by atoms with Crippen molar-refractivity contribution in [2.75, 3.05) is 12.4 Å². The molecule has 0 atom stereocenters. The molecule has 0 saturated heterocycles. The van der Waals surface area contributed by atoms with Gasteiger partial charge in [0, 0.05) is 24.6 Å². The smallest absolute Gasteiger partial charge is 0.242 e. The van der Waals surface area contributed by atoms with Crippen molar-refractivity contribution in [1.82, 2.24) is 25.0 Å². The minimum absolute atomic E-state index is 0.0846. The molecule has 1 amide bonds. The van der Waals surface area contributed by atoms with Crippen LogP contribution in [0.5, 0.6) is 5.88 Å². The first-order valence-corrected chi connectivity index (χ1v) is 9.94. The fraction of sp³-hybridized carbons (Fsp3) is 0.526. The van der Waals surface area contributed by atoms with Crippen LogP contribution in [0, 0.1) is 13.8 Å². The Bertz CT molecular complexity index is 1030. The Balaban J connectivity index is 1.76. The second-order valence-electron chi connectivity index (χ2n) is 7.84. The van der Waals surface area contributed by atoms with Crippen LogP contribution in [-0.4, -0.2) is 38.0 Å². The molecule has 150 valence electrons. The molecule has 0 aliphatic heterocycles. The van der Waals surface area contributed by atoms with Gasteiger partial charge in [0.15, 0.2) is 5.65 Å². The average molecular weight is 403 g/mol. The number of amides is 1. The fourth-order valence-corrected chi connectivity index (χ4v) is 3.92. The van der Waals surface area contributed by atoms with Gasteiger partial charge in [0.2, 0.25) is 16.9 Å². The van der Waals surface area contributed by atoms with E-state index in [4.69, 9.17) is 4.74 Å². The van der Waals surface area contributed by atoms with Crippen molar-refractivity contribution in [2.24, 2.45) is 7.05 Å². The molecule has 0 bridgehead atoms. The second-order valence-corrected chi connectivity index (χ2v) is 8.82. The maximum Gasteiger partial charge on any atom is 0.242 e. The molecule has 28 heavy (non-hydrogen) atoms. The zero-order valence-electron chi connectivity index (χ0n) is 17.4. The van der Waals surface area contributed by atoms with Gasteiger partial charge in [0.1, 0.15) is 5.01 Å². The third kappa shape index (κ3) is 3.84. The average Bonchev–Trinajstić information content (AvgIpc) is 3.19. The summed E-state index contributed by atoms with van der Waals surface area (Å²) in [5.41, 5.74) is 3.68. The maximum atomic E-state index is 12.4. The topological polar surface area (TPSA) is 94.8 Å². The van der Waals surface area contributed by atoms with Crippen LogP contribution in [0.15, 0.2) is 0 Å². The van der Waals surface area contributed by atoms with Crippen LogP contribution >= 0.6 is 11.3 Å². The van der Waals surface area contributed by atoms with E-state index in [-0.39, 0.29) is 11.3 Å². The van der Waals surface area contributed by atoms with Crippen LogP contribution < -0.4 is 10.1 Å². The summed E-state index contributed by atoms with van der Waals surface area (Å²) in [4.78, 5) is 17.1. The number of nitrogens with one attached hydrogen (secondary N) is 1. The molecule has 9 heteroatoms. The van der Waals surface area contributed by atoms with E-state index in [1.165, 1.54) is 11.3 Å². The summed E-state index contributed by atoms with van der Waals surface area (Å²) in [5.74, 6) is 0.463. The Kier molecular flexibility index (Phi) is 5.38. The van der Waals surface area contributed by atoms with Gasteiger partial charge in [0.25, 0.3) is 0 Å². The Morgan fingerprint density at radius 2 is 1.96 bits per heavy atom. The van der Waals surface area contributed by atoms with Gasteiger partial charge < -0.3 is 10.1 Å². The monoisotopic (exact) mass is 402 g/mol. The predicted octanol–water partition coefficient (Wildman–Crippen LogP) is 3.31. The van der Waals surface area contributed by atoms with E-state index in [1.807, 2.05) is 20.9 Å². The van der Waals surface area contributed by atoms with Gasteiger partial charge in [0.05, 0.1) is 12.5 Å². The highest BCUT2D eigenvalue weighted by atomic mass is 32.1. The third-order valence-corrected chi connectivity index (χ3v) is 5.90. The first kappa shape index (κ1) is 20.2. The fourth-order valence-electron chi connectivity index (χ4n) is 3.10. The predicted molar refractivity (Wildman–Crippen MR) is 110 cm³/mol. The van der Waals surface area contributed by atoms with Crippen molar-refractivity contribution in [2.45, 2.75) is 52.9 Å². The first-order chi connectivity index (χ1) is 13.1. The van der Waals surface area contributed by atoms with E-state index in [1.54, 1.807) is 11.8 Å². The maximum absolute atomic E-state index is 12.4. The third-order valence-electron chi connectivity index (χ3n) is 4.63. The number of aromatic nitrogens is 5. The summed E-state index contributed by atoms with van der Waals surface area (Å²) in [5, 5.41) is 17.8. The molecule has 3 heterocycles. The van der Waals surface area contributed by atoms with E-state index in [0.29, 0.717) is 23.9 Å². The molecule has 0 aliphatic carbocycles. The Hall–Kier alpha value is -2.55. The molecule has 0 unspecified atom stereocenters. The molecule has 3 aromatic heterocycles. The van der Waals surface area contributed by atoms with E-state index in [2.05, 4.69) is 46.4 Å². The minimum Gasteiger partial charge on any atom is -0.479 e. The standard InChI is InChI=1S/C19H26N6O2S/c1-10-12(11(2)20-15-14(10)16(27-7)24-25(15)6)8-9-13(26)21-18-23-22-17(28-18)19(3,4)5/h8-9H2,1-7H3,(H,21,23,26). The molecule has 1 N–H and O–H groups in total. The quantitative estimate of drug-likeness (QED) is 0.703. The molecule has 0 spiro atoms. The molecule has 8 nitrogen and oxygen atoms in total. The molecular formula is C19H26N6O2S. The highest BCUT2D eigenvalue weighted by Crippen LogP contribution is 2.31. The van der Waals surface area contributed by atoms with Crippen LogP contribution in [0.25, 0.3) is 11.0 Å².